The molecule has 0 unspecified atom stereocenters. The average molecular weight is 435 g/mol. The maximum Gasteiger partial charge on any atom is 0.146 e. The number of para-hydroxylation sites is 4. The fourth-order valence-electron chi connectivity index (χ4n) is 5.57. The van der Waals surface area contributed by atoms with Gasteiger partial charge in [0.15, 0.2) is 0 Å². The second-order valence-corrected chi connectivity index (χ2v) is 8.73. The number of nitrogens with zero attached hydrogens (tertiary/aromatic N) is 4. The molecule has 0 radical (unpaired) electrons. The standard InChI is InChI=1S/C30H18N4/c1-2-8-19(9-3-1)33-26-12-6-4-10-20(26)21-14-15-22-24-18-31-17-16-23(24)30-32-25-11-5-7-13-27(25)34(30)29(22)28(21)33/h1-18H. The summed E-state index contributed by atoms with van der Waals surface area (Å²) in [6.07, 6.45) is 3.82. The van der Waals surface area contributed by atoms with Gasteiger partial charge in [-0.25, -0.2) is 4.98 Å². The van der Waals surface area contributed by atoms with Gasteiger partial charge in [0, 0.05) is 45.0 Å². The summed E-state index contributed by atoms with van der Waals surface area (Å²) in [5, 5.41) is 5.88. The maximum atomic E-state index is 5.08. The number of hydrogen-bond donors (Lipinski definition) is 0. The summed E-state index contributed by atoms with van der Waals surface area (Å²) in [5.41, 5.74) is 7.74. The molecule has 0 amide bonds. The Balaban J connectivity index is 1.78. The van der Waals surface area contributed by atoms with Crippen LogP contribution in [0.4, 0.5) is 0 Å². The second-order valence-electron chi connectivity index (χ2n) is 8.73. The normalized spacial score (nSPS) is 12.1. The Morgan fingerprint density at radius 1 is 0.529 bits per heavy atom. The molecule has 0 bridgehead atoms. The molecule has 0 N–H and O–H groups in total. The van der Waals surface area contributed by atoms with Crippen LogP contribution in [0.5, 0.6) is 0 Å². The Bertz CT molecular complexity index is 2060. The smallest absolute Gasteiger partial charge is 0.146 e. The molecule has 0 saturated heterocycles. The monoisotopic (exact) mass is 434 g/mol. The van der Waals surface area contributed by atoms with Gasteiger partial charge in [0.25, 0.3) is 0 Å². The highest BCUT2D eigenvalue weighted by molar-refractivity contribution is 6.24. The van der Waals surface area contributed by atoms with Gasteiger partial charge in [-0.2, -0.15) is 0 Å². The van der Waals surface area contributed by atoms with E-state index < -0.39 is 0 Å². The first-order chi connectivity index (χ1) is 16.9. The van der Waals surface area contributed by atoms with E-state index in [9.17, 15) is 0 Å². The Morgan fingerprint density at radius 2 is 1.26 bits per heavy atom. The summed E-state index contributed by atoms with van der Waals surface area (Å²) in [7, 11) is 0. The number of benzene rings is 4. The summed E-state index contributed by atoms with van der Waals surface area (Å²) in [4.78, 5) is 9.57. The number of rotatable bonds is 1. The topological polar surface area (TPSA) is 35.1 Å². The van der Waals surface area contributed by atoms with E-state index >= 15 is 0 Å². The van der Waals surface area contributed by atoms with Gasteiger partial charge in [-0.15, -0.1) is 0 Å². The van der Waals surface area contributed by atoms with Crippen molar-refractivity contribution in [1.82, 2.24) is 18.9 Å². The summed E-state index contributed by atoms with van der Waals surface area (Å²) in [6, 6.07) is 34.3. The van der Waals surface area contributed by atoms with E-state index in [0.717, 1.165) is 38.7 Å². The van der Waals surface area contributed by atoms with Crippen LogP contribution in [0.3, 0.4) is 0 Å². The Kier molecular flexibility index (Phi) is 3.36. The molecule has 0 spiro atoms. The van der Waals surface area contributed by atoms with Gasteiger partial charge >= 0.3 is 0 Å². The quantitative estimate of drug-likeness (QED) is 0.254. The minimum absolute atomic E-state index is 0.962. The van der Waals surface area contributed by atoms with Gasteiger partial charge in [0.05, 0.1) is 27.6 Å². The molecule has 4 aromatic heterocycles. The highest BCUT2D eigenvalue weighted by Gasteiger charge is 2.20. The van der Waals surface area contributed by atoms with Crippen molar-refractivity contribution in [3.63, 3.8) is 0 Å². The molecule has 0 saturated carbocycles. The van der Waals surface area contributed by atoms with Crippen LogP contribution in [0, 0.1) is 0 Å². The van der Waals surface area contributed by atoms with Crippen LogP contribution in [0.15, 0.2) is 109 Å². The fraction of sp³-hybridized carbons (Fsp3) is 0. The first kappa shape index (κ1) is 17.8. The van der Waals surface area contributed by atoms with Crippen molar-refractivity contribution in [2.24, 2.45) is 0 Å². The first-order valence-corrected chi connectivity index (χ1v) is 11.4. The molecule has 0 aliphatic rings. The summed E-state index contributed by atoms with van der Waals surface area (Å²) in [6.45, 7) is 0. The van der Waals surface area contributed by atoms with Crippen molar-refractivity contribution in [1.29, 1.82) is 0 Å². The molecule has 0 atom stereocenters. The number of imidazole rings is 1. The van der Waals surface area contributed by atoms with Crippen LogP contribution in [0.25, 0.3) is 65.8 Å². The molecule has 4 heteroatoms. The van der Waals surface area contributed by atoms with Gasteiger partial charge in [0.1, 0.15) is 5.65 Å². The maximum absolute atomic E-state index is 5.08. The highest BCUT2D eigenvalue weighted by Crippen LogP contribution is 2.40. The molecule has 8 aromatic rings. The number of hydrogen-bond acceptors (Lipinski definition) is 2. The van der Waals surface area contributed by atoms with Crippen molar-refractivity contribution in [2.45, 2.75) is 0 Å². The molecular weight excluding hydrogens is 416 g/mol. The lowest BCUT2D eigenvalue weighted by Crippen LogP contribution is -1.98. The van der Waals surface area contributed by atoms with Gasteiger partial charge < -0.3 is 4.57 Å². The van der Waals surface area contributed by atoms with E-state index in [1.807, 2.05) is 12.4 Å². The molecule has 0 aliphatic heterocycles. The Labute approximate surface area is 194 Å². The lowest BCUT2D eigenvalue weighted by atomic mass is 10.0. The Hall–Kier alpha value is -4.70. The summed E-state index contributed by atoms with van der Waals surface area (Å²) < 4.78 is 4.73. The van der Waals surface area contributed by atoms with E-state index in [1.54, 1.807) is 0 Å². The third-order valence-corrected chi connectivity index (χ3v) is 6.96. The zero-order valence-electron chi connectivity index (χ0n) is 18.2. The van der Waals surface area contributed by atoms with E-state index in [4.69, 9.17) is 4.98 Å². The second kappa shape index (κ2) is 6.42. The van der Waals surface area contributed by atoms with Crippen LogP contribution >= 0.6 is 0 Å². The lowest BCUT2D eigenvalue weighted by Gasteiger charge is -2.13. The predicted octanol–water partition coefficient (Wildman–Crippen LogP) is 7.29. The van der Waals surface area contributed by atoms with Crippen molar-refractivity contribution >= 4 is 60.2 Å². The van der Waals surface area contributed by atoms with E-state index in [0.29, 0.717) is 0 Å². The van der Waals surface area contributed by atoms with Crippen LogP contribution in [-0.4, -0.2) is 18.9 Å². The van der Waals surface area contributed by atoms with Crippen molar-refractivity contribution in [3.8, 4) is 5.69 Å². The van der Waals surface area contributed by atoms with Crippen LogP contribution in [0.2, 0.25) is 0 Å². The van der Waals surface area contributed by atoms with Crippen LogP contribution < -0.4 is 0 Å². The molecule has 0 fully saturated rings. The zero-order valence-corrected chi connectivity index (χ0v) is 18.2. The van der Waals surface area contributed by atoms with Gasteiger partial charge in [-0.3, -0.25) is 9.38 Å². The van der Waals surface area contributed by atoms with E-state index in [1.165, 1.54) is 27.2 Å². The highest BCUT2D eigenvalue weighted by atomic mass is 15.1. The molecule has 4 aromatic carbocycles. The third-order valence-electron chi connectivity index (χ3n) is 6.96. The van der Waals surface area contributed by atoms with Gasteiger partial charge in [0.2, 0.25) is 0 Å². The molecular formula is C30H18N4. The third kappa shape index (κ3) is 2.17. The summed E-state index contributed by atoms with van der Waals surface area (Å²) in [5.74, 6) is 0. The molecule has 158 valence electrons. The first-order valence-electron chi connectivity index (χ1n) is 11.4. The van der Waals surface area contributed by atoms with Crippen molar-refractivity contribution < 1.29 is 0 Å². The summed E-state index contributed by atoms with van der Waals surface area (Å²) >= 11 is 0. The van der Waals surface area contributed by atoms with Crippen molar-refractivity contribution in [2.75, 3.05) is 0 Å². The van der Waals surface area contributed by atoms with Crippen molar-refractivity contribution in [3.05, 3.63) is 109 Å². The lowest BCUT2D eigenvalue weighted by molar-refractivity contribution is 1.18. The molecule has 4 nitrogen and oxygen atoms in total. The number of pyridine rings is 2. The molecule has 4 heterocycles. The molecule has 34 heavy (non-hydrogen) atoms. The van der Waals surface area contributed by atoms with Gasteiger partial charge in [-0.05, 0) is 36.4 Å². The van der Waals surface area contributed by atoms with Crippen LogP contribution in [-0.2, 0) is 0 Å². The Morgan fingerprint density at radius 3 is 2.15 bits per heavy atom. The fourth-order valence-corrected chi connectivity index (χ4v) is 5.57. The van der Waals surface area contributed by atoms with Crippen LogP contribution in [0.1, 0.15) is 0 Å². The number of aromatic nitrogens is 4. The largest absolute Gasteiger partial charge is 0.307 e. The average Bonchev–Trinajstić information content (AvgIpc) is 3.46. The van der Waals surface area contributed by atoms with E-state index in [2.05, 4.69) is 111 Å². The SMILES string of the molecule is c1ccc(-n2c3ccccc3c3ccc4c5cnccc5c5nc6ccccc6n5c4c32)cc1. The zero-order chi connectivity index (χ0) is 22.2. The molecule has 0 aliphatic carbocycles. The predicted molar refractivity (Wildman–Crippen MR) is 140 cm³/mol. The van der Waals surface area contributed by atoms with E-state index in [-0.39, 0.29) is 0 Å². The van der Waals surface area contributed by atoms with Gasteiger partial charge in [-0.1, -0.05) is 60.7 Å². The minimum Gasteiger partial charge on any atom is -0.307 e. The number of fused-ring (bicyclic) bond motifs is 12. The molecule has 8 rings (SSSR count). The minimum atomic E-state index is 0.962.